The molecule has 0 atom stereocenters. The zero-order chi connectivity index (χ0) is 12.1. The zero-order valence-electron chi connectivity index (χ0n) is 8.93. The van der Waals surface area contributed by atoms with Crippen molar-refractivity contribution in [2.24, 2.45) is 0 Å². The van der Waals surface area contributed by atoms with Crippen LogP contribution in [-0.2, 0) is 4.79 Å². The second-order valence-corrected chi connectivity index (χ2v) is 4.70. The first kappa shape index (κ1) is 13.3. The van der Waals surface area contributed by atoms with Gasteiger partial charge in [-0.15, -0.1) is 0 Å². The first-order valence-electron chi connectivity index (χ1n) is 4.56. The van der Waals surface area contributed by atoms with E-state index in [-0.39, 0.29) is 12.5 Å². The van der Waals surface area contributed by atoms with Gasteiger partial charge in [-0.1, -0.05) is 0 Å². The van der Waals surface area contributed by atoms with Gasteiger partial charge in [0.25, 0.3) is 0 Å². The van der Waals surface area contributed by atoms with Crippen LogP contribution in [0.3, 0.4) is 0 Å². The molecule has 0 saturated carbocycles. The minimum absolute atomic E-state index is 0.0752. The Labute approximate surface area is 111 Å². The molecule has 1 rings (SSSR count). The lowest BCUT2D eigenvalue weighted by atomic mass is 10.3. The first-order valence-corrected chi connectivity index (χ1v) is 6.14. The Hall–Kier alpha value is -0.750. The summed E-state index contributed by atoms with van der Waals surface area (Å²) in [7, 11) is 3.19. The highest BCUT2D eigenvalue weighted by Gasteiger charge is 2.07. The first-order chi connectivity index (χ1) is 7.58. The van der Waals surface area contributed by atoms with E-state index in [4.69, 9.17) is 4.74 Å². The fraction of sp³-hybridized carbons (Fsp3) is 0.300. The number of benzene rings is 1. The Kier molecular flexibility index (Phi) is 5.08. The van der Waals surface area contributed by atoms with Crippen molar-refractivity contribution in [3.63, 3.8) is 0 Å². The minimum Gasteiger partial charge on any atom is -0.495 e. The third kappa shape index (κ3) is 3.38. The van der Waals surface area contributed by atoms with Gasteiger partial charge in [-0.2, -0.15) is 0 Å². The van der Waals surface area contributed by atoms with E-state index >= 15 is 0 Å². The smallest absolute Gasteiger partial charge is 0.239 e. The second kappa shape index (κ2) is 6.10. The maximum atomic E-state index is 11.1. The maximum absolute atomic E-state index is 11.1. The molecule has 6 heteroatoms. The highest BCUT2D eigenvalue weighted by molar-refractivity contribution is 9.11. The number of rotatable bonds is 4. The van der Waals surface area contributed by atoms with E-state index < -0.39 is 0 Å². The zero-order valence-corrected chi connectivity index (χ0v) is 12.1. The molecule has 4 nitrogen and oxygen atoms in total. The summed E-state index contributed by atoms with van der Waals surface area (Å²) in [6.45, 7) is 0.222. The molecule has 0 aliphatic carbocycles. The van der Waals surface area contributed by atoms with Crippen molar-refractivity contribution < 1.29 is 9.53 Å². The minimum atomic E-state index is -0.0752. The summed E-state index contributed by atoms with van der Waals surface area (Å²) in [5, 5.41) is 5.54. The number of halogens is 2. The van der Waals surface area contributed by atoms with Gasteiger partial charge in [0.2, 0.25) is 5.91 Å². The monoisotopic (exact) mass is 350 g/mol. The summed E-state index contributed by atoms with van der Waals surface area (Å²) in [4.78, 5) is 11.1. The molecular weight excluding hydrogens is 340 g/mol. The van der Waals surface area contributed by atoms with Crippen molar-refractivity contribution in [2.45, 2.75) is 0 Å². The standard InChI is InChI=1S/C10H12Br2N2O2/c1-13-10(15)5-14-8-4-9(16-2)7(12)3-6(8)11/h3-4,14H,5H2,1-2H3,(H,13,15). The molecule has 0 bridgehead atoms. The Morgan fingerprint density at radius 3 is 2.62 bits per heavy atom. The van der Waals surface area contributed by atoms with Crippen molar-refractivity contribution >= 4 is 43.5 Å². The highest BCUT2D eigenvalue weighted by atomic mass is 79.9. The molecule has 2 N–H and O–H groups in total. The number of hydrogen-bond donors (Lipinski definition) is 2. The van der Waals surface area contributed by atoms with E-state index in [1.165, 1.54) is 0 Å². The van der Waals surface area contributed by atoms with Gasteiger partial charge in [-0.25, -0.2) is 0 Å². The number of ether oxygens (including phenoxy) is 1. The molecule has 0 heterocycles. The van der Waals surface area contributed by atoms with Crippen LogP contribution in [0.5, 0.6) is 5.75 Å². The molecular formula is C10H12Br2N2O2. The van der Waals surface area contributed by atoms with Crippen molar-refractivity contribution in [1.82, 2.24) is 5.32 Å². The topological polar surface area (TPSA) is 50.4 Å². The molecule has 1 amide bonds. The van der Waals surface area contributed by atoms with Crippen LogP contribution in [0, 0.1) is 0 Å². The van der Waals surface area contributed by atoms with E-state index in [1.807, 2.05) is 12.1 Å². The summed E-state index contributed by atoms with van der Waals surface area (Å²) >= 11 is 6.78. The molecule has 16 heavy (non-hydrogen) atoms. The van der Waals surface area contributed by atoms with Gasteiger partial charge in [0.15, 0.2) is 0 Å². The van der Waals surface area contributed by atoms with Gasteiger partial charge in [0, 0.05) is 17.6 Å². The molecule has 88 valence electrons. The number of carbonyl (C=O) groups is 1. The molecule has 0 radical (unpaired) electrons. The van der Waals surface area contributed by atoms with Crippen LogP contribution < -0.4 is 15.4 Å². The van der Waals surface area contributed by atoms with Crippen LogP contribution in [0.1, 0.15) is 0 Å². The number of methoxy groups -OCH3 is 1. The maximum Gasteiger partial charge on any atom is 0.239 e. The van der Waals surface area contributed by atoms with Crippen LogP contribution in [0.4, 0.5) is 5.69 Å². The van der Waals surface area contributed by atoms with Crippen LogP contribution in [-0.4, -0.2) is 26.6 Å². The summed E-state index contributed by atoms with van der Waals surface area (Å²) < 4.78 is 6.88. The van der Waals surface area contributed by atoms with Crippen molar-refractivity contribution in [3.8, 4) is 5.75 Å². The van der Waals surface area contributed by atoms with Crippen LogP contribution in [0.2, 0.25) is 0 Å². The molecule has 1 aromatic rings. The predicted molar refractivity (Wildman–Crippen MR) is 71.0 cm³/mol. The van der Waals surface area contributed by atoms with Crippen molar-refractivity contribution in [3.05, 3.63) is 21.1 Å². The Bertz CT molecular complexity index is 397. The Morgan fingerprint density at radius 1 is 1.38 bits per heavy atom. The molecule has 0 saturated heterocycles. The molecule has 0 fully saturated rings. The van der Waals surface area contributed by atoms with E-state index in [0.29, 0.717) is 5.75 Å². The normalized spacial score (nSPS) is 9.75. The third-order valence-electron chi connectivity index (χ3n) is 1.96. The molecule has 1 aromatic carbocycles. The third-order valence-corrected chi connectivity index (χ3v) is 3.24. The van der Waals surface area contributed by atoms with E-state index in [1.54, 1.807) is 14.2 Å². The highest BCUT2D eigenvalue weighted by Crippen LogP contribution is 2.34. The Balaban J connectivity index is 2.83. The van der Waals surface area contributed by atoms with E-state index in [9.17, 15) is 4.79 Å². The van der Waals surface area contributed by atoms with Crippen LogP contribution in [0.25, 0.3) is 0 Å². The van der Waals surface area contributed by atoms with E-state index in [0.717, 1.165) is 14.6 Å². The lowest BCUT2D eigenvalue weighted by Crippen LogP contribution is -2.26. The lowest BCUT2D eigenvalue weighted by molar-refractivity contribution is -0.118. The number of likely N-dealkylation sites (N-methyl/N-ethyl adjacent to an activating group) is 1. The summed E-state index contributed by atoms with van der Waals surface area (Å²) in [6.07, 6.45) is 0. The van der Waals surface area contributed by atoms with Gasteiger partial charge >= 0.3 is 0 Å². The summed E-state index contributed by atoms with van der Waals surface area (Å²) in [6, 6.07) is 3.68. The van der Waals surface area contributed by atoms with Crippen molar-refractivity contribution in [1.29, 1.82) is 0 Å². The fourth-order valence-corrected chi connectivity index (χ4v) is 2.38. The molecule has 0 spiro atoms. The largest absolute Gasteiger partial charge is 0.495 e. The predicted octanol–water partition coefficient (Wildman–Crippen LogP) is 2.38. The number of hydrogen-bond acceptors (Lipinski definition) is 3. The van der Waals surface area contributed by atoms with Crippen LogP contribution >= 0.6 is 31.9 Å². The summed E-state index contributed by atoms with van der Waals surface area (Å²) in [5.74, 6) is 0.636. The quantitative estimate of drug-likeness (QED) is 0.875. The molecule has 0 aromatic heterocycles. The number of amides is 1. The molecule has 0 aliphatic heterocycles. The van der Waals surface area contributed by atoms with Crippen LogP contribution in [0.15, 0.2) is 21.1 Å². The lowest BCUT2D eigenvalue weighted by Gasteiger charge is -2.11. The summed E-state index contributed by atoms with van der Waals surface area (Å²) in [5.41, 5.74) is 0.809. The number of nitrogens with one attached hydrogen (secondary N) is 2. The van der Waals surface area contributed by atoms with Gasteiger partial charge in [0.05, 0.1) is 23.8 Å². The number of carbonyl (C=O) groups excluding carboxylic acids is 1. The van der Waals surface area contributed by atoms with Gasteiger partial charge in [-0.3, -0.25) is 4.79 Å². The molecule has 0 unspecified atom stereocenters. The van der Waals surface area contributed by atoms with Gasteiger partial charge in [-0.05, 0) is 37.9 Å². The average Bonchev–Trinajstić information content (AvgIpc) is 2.27. The Morgan fingerprint density at radius 2 is 2.06 bits per heavy atom. The van der Waals surface area contributed by atoms with Gasteiger partial charge < -0.3 is 15.4 Å². The van der Waals surface area contributed by atoms with Gasteiger partial charge in [0.1, 0.15) is 5.75 Å². The van der Waals surface area contributed by atoms with E-state index in [2.05, 4.69) is 42.5 Å². The number of anilines is 1. The second-order valence-electron chi connectivity index (χ2n) is 2.99. The fourth-order valence-electron chi connectivity index (χ4n) is 1.08. The average molecular weight is 352 g/mol. The SMILES string of the molecule is CNC(=O)CNc1cc(OC)c(Br)cc1Br. The van der Waals surface area contributed by atoms with Crippen molar-refractivity contribution in [2.75, 3.05) is 26.0 Å². The molecule has 0 aliphatic rings.